The van der Waals surface area contributed by atoms with Crippen molar-refractivity contribution < 1.29 is 14.3 Å². The van der Waals surface area contributed by atoms with Gasteiger partial charge in [0.25, 0.3) is 11.8 Å². The van der Waals surface area contributed by atoms with Gasteiger partial charge in [0.15, 0.2) is 0 Å². The van der Waals surface area contributed by atoms with Gasteiger partial charge in [-0.1, -0.05) is 31.2 Å². The summed E-state index contributed by atoms with van der Waals surface area (Å²) >= 11 is 0. The molecule has 1 unspecified atom stereocenters. The molecule has 1 fully saturated rings. The van der Waals surface area contributed by atoms with E-state index in [0.29, 0.717) is 22.9 Å². The Morgan fingerprint density at radius 3 is 2.42 bits per heavy atom. The zero-order valence-electron chi connectivity index (χ0n) is 18.7. The second-order valence-electron chi connectivity index (χ2n) is 8.89. The van der Waals surface area contributed by atoms with Crippen LogP contribution in [0.25, 0.3) is 5.57 Å². The molecule has 1 saturated heterocycles. The van der Waals surface area contributed by atoms with E-state index in [9.17, 15) is 9.59 Å². The maximum Gasteiger partial charge on any atom is 0.282 e. The summed E-state index contributed by atoms with van der Waals surface area (Å²) < 4.78 is 5.75. The fourth-order valence-corrected chi connectivity index (χ4v) is 4.44. The molecule has 0 bridgehead atoms. The number of ether oxygens (including phenoxy) is 1. The number of anilines is 1. The predicted molar refractivity (Wildman–Crippen MR) is 123 cm³/mol. The first-order chi connectivity index (χ1) is 14.8. The molecule has 0 N–H and O–H groups in total. The summed E-state index contributed by atoms with van der Waals surface area (Å²) in [6.07, 6.45) is 2.23. The monoisotopic (exact) mass is 418 g/mol. The van der Waals surface area contributed by atoms with Gasteiger partial charge in [-0.3, -0.25) is 9.59 Å². The highest BCUT2D eigenvalue weighted by atomic mass is 16.5. The Labute approximate surface area is 184 Å². The number of hydrogen-bond acceptors (Lipinski definition) is 4. The Balaban J connectivity index is 1.78. The van der Waals surface area contributed by atoms with Crippen LogP contribution < -0.4 is 9.64 Å². The number of likely N-dealkylation sites (tertiary alicyclic amines) is 1. The number of benzene rings is 2. The number of imide groups is 1. The first-order valence-electron chi connectivity index (χ1n) is 11.1. The minimum absolute atomic E-state index is 0.0713. The number of amides is 2. The van der Waals surface area contributed by atoms with Crippen molar-refractivity contribution in [2.75, 3.05) is 18.0 Å². The number of piperidine rings is 1. The largest absolute Gasteiger partial charge is 0.491 e. The van der Waals surface area contributed by atoms with E-state index in [-0.39, 0.29) is 17.9 Å². The second kappa shape index (κ2) is 8.58. The molecule has 0 aromatic heterocycles. The molecule has 31 heavy (non-hydrogen) atoms. The lowest BCUT2D eigenvalue weighted by Crippen LogP contribution is -2.39. The Morgan fingerprint density at radius 1 is 1.03 bits per heavy atom. The van der Waals surface area contributed by atoms with Crippen molar-refractivity contribution in [1.29, 1.82) is 0 Å². The standard InChI is InChI=1S/C26H30N2O3/c1-17(2)31-22-12-10-20(11-13-22)23-24(27-14-6-8-19(4)16-27)26(30)28(25(23)29)21-9-5-7-18(3)15-21/h5,7,9-13,15,17,19H,6,8,14,16H2,1-4H3. The van der Waals surface area contributed by atoms with Crippen LogP contribution in [0.15, 0.2) is 54.2 Å². The molecular formula is C26H30N2O3. The molecule has 2 heterocycles. The molecule has 2 aromatic carbocycles. The van der Waals surface area contributed by atoms with Crippen LogP contribution in [0.4, 0.5) is 5.69 Å². The maximum absolute atomic E-state index is 13.6. The van der Waals surface area contributed by atoms with Gasteiger partial charge in [-0.25, -0.2) is 4.90 Å². The van der Waals surface area contributed by atoms with Crippen molar-refractivity contribution in [3.05, 3.63) is 65.4 Å². The van der Waals surface area contributed by atoms with Crippen LogP contribution in [0.1, 0.15) is 44.7 Å². The van der Waals surface area contributed by atoms with E-state index < -0.39 is 0 Å². The molecule has 5 heteroatoms. The van der Waals surface area contributed by atoms with Crippen molar-refractivity contribution in [2.45, 2.75) is 46.6 Å². The van der Waals surface area contributed by atoms with Gasteiger partial charge in [0.05, 0.1) is 17.4 Å². The minimum Gasteiger partial charge on any atom is -0.491 e. The van der Waals surface area contributed by atoms with E-state index in [1.807, 2.05) is 69.3 Å². The molecule has 0 spiro atoms. The molecule has 2 amide bonds. The van der Waals surface area contributed by atoms with E-state index in [1.165, 1.54) is 4.90 Å². The first kappa shape index (κ1) is 21.2. The lowest BCUT2D eigenvalue weighted by atomic mass is 9.97. The fraction of sp³-hybridized carbons (Fsp3) is 0.385. The molecular weight excluding hydrogens is 388 g/mol. The Kier molecular flexibility index (Phi) is 5.86. The van der Waals surface area contributed by atoms with Gasteiger partial charge in [-0.15, -0.1) is 0 Å². The molecule has 2 aromatic rings. The normalized spacial score (nSPS) is 19.6. The van der Waals surface area contributed by atoms with E-state index in [0.717, 1.165) is 42.8 Å². The summed E-state index contributed by atoms with van der Waals surface area (Å²) in [6, 6.07) is 15.0. The number of carbonyl (C=O) groups excluding carboxylic acids is 2. The minimum atomic E-state index is -0.263. The highest BCUT2D eigenvalue weighted by Crippen LogP contribution is 2.37. The Bertz CT molecular complexity index is 1020. The lowest BCUT2D eigenvalue weighted by Gasteiger charge is -2.33. The SMILES string of the molecule is Cc1cccc(N2C(=O)C(c3ccc(OC(C)C)cc3)=C(N3CCCC(C)C3)C2=O)c1. The highest BCUT2D eigenvalue weighted by molar-refractivity contribution is 6.45. The van der Waals surface area contributed by atoms with Crippen LogP contribution in [-0.4, -0.2) is 35.9 Å². The number of carbonyl (C=O) groups is 2. The quantitative estimate of drug-likeness (QED) is 0.655. The molecule has 1 atom stereocenters. The number of nitrogens with zero attached hydrogens (tertiary/aromatic N) is 2. The van der Waals surface area contributed by atoms with Crippen LogP contribution in [-0.2, 0) is 9.59 Å². The van der Waals surface area contributed by atoms with Gasteiger partial charge in [-0.2, -0.15) is 0 Å². The number of rotatable bonds is 5. The molecule has 162 valence electrons. The van der Waals surface area contributed by atoms with Crippen molar-refractivity contribution in [2.24, 2.45) is 5.92 Å². The van der Waals surface area contributed by atoms with Gasteiger partial charge in [0.1, 0.15) is 11.4 Å². The molecule has 0 radical (unpaired) electrons. The van der Waals surface area contributed by atoms with Crippen molar-refractivity contribution in [1.82, 2.24) is 4.90 Å². The zero-order valence-corrected chi connectivity index (χ0v) is 18.7. The first-order valence-corrected chi connectivity index (χ1v) is 11.1. The third-order valence-corrected chi connectivity index (χ3v) is 5.81. The highest BCUT2D eigenvalue weighted by Gasteiger charge is 2.43. The van der Waals surface area contributed by atoms with Crippen molar-refractivity contribution in [3.63, 3.8) is 0 Å². The summed E-state index contributed by atoms with van der Waals surface area (Å²) in [4.78, 5) is 30.7. The molecule has 2 aliphatic heterocycles. The van der Waals surface area contributed by atoms with Gasteiger partial charge in [-0.05, 0) is 74.9 Å². The molecule has 0 saturated carbocycles. The molecule has 4 rings (SSSR count). The molecule has 2 aliphatic rings. The summed E-state index contributed by atoms with van der Waals surface area (Å²) in [7, 11) is 0. The Hall–Kier alpha value is -3.08. The van der Waals surface area contributed by atoms with Crippen LogP contribution >= 0.6 is 0 Å². The van der Waals surface area contributed by atoms with Gasteiger partial charge >= 0.3 is 0 Å². The maximum atomic E-state index is 13.6. The zero-order chi connectivity index (χ0) is 22.1. The van der Waals surface area contributed by atoms with Gasteiger partial charge < -0.3 is 9.64 Å². The Morgan fingerprint density at radius 2 is 1.77 bits per heavy atom. The van der Waals surface area contributed by atoms with Gasteiger partial charge in [0, 0.05) is 13.1 Å². The summed E-state index contributed by atoms with van der Waals surface area (Å²) in [5.74, 6) is 0.739. The number of hydrogen-bond donors (Lipinski definition) is 0. The van der Waals surface area contributed by atoms with Crippen LogP contribution in [0.5, 0.6) is 5.75 Å². The lowest BCUT2D eigenvalue weighted by molar-refractivity contribution is -0.120. The summed E-state index contributed by atoms with van der Waals surface area (Å²) in [5.41, 5.74) is 3.38. The van der Waals surface area contributed by atoms with E-state index in [2.05, 4.69) is 11.8 Å². The summed E-state index contributed by atoms with van der Waals surface area (Å²) in [5, 5.41) is 0. The second-order valence-corrected chi connectivity index (χ2v) is 8.89. The van der Waals surface area contributed by atoms with E-state index in [4.69, 9.17) is 4.74 Å². The summed E-state index contributed by atoms with van der Waals surface area (Å²) in [6.45, 7) is 9.69. The van der Waals surface area contributed by atoms with Crippen molar-refractivity contribution >= 4 is 23.1 Å². The third kappa shape index (κ3) is 4.22. The van der Waals surface area contributed by atoms with E-state index in [1.54, 1.807) is 0 Å². The third-order valence-electron chi connectivity index (χ3n) is 5.81. The van der Waals surface area contributed by atoms with Crippen LogP contribution in [0, 0.1) is 12.8 Å². The average Bonchev–Trinajstić information content (AvgIpc) is 2.98. The molecule has 5 nitrogen and oxygen atoms in total. The average molecular weight is 419 g/mol. The predicted octanol–water partition coefficient (Wildman–Crippen LogP) is 4.80. The fourth-order valence-electron chi connectivity index (χ4n) is 4.44. The smallest absolute Gasteiger partial charge is 0.282 e. The van der Waals surface area contributed by atoms with Crippen molar-refractivity contribution in [3.8, 4) is 5.75 Å². The van der Waals surface area contributed by atoms with E-state index >= 15 is 0 Å². The topological polar surface area (TPSA) is 49.9 Å². The van der Waals surface area contributed by atoms with Gasteiger partial charge in [0.2, 0.25) is 0 Å². The number of aryl methyl sites for hydroxylation is 1. The molecule has 0 aliphatic carbocycles. The van der Waals surface area contributed by atoms with Crippen LogP contribution in [0.2, 0.25) is 0 Å². The van der Waals surface area contributed by atoms with Crippen LogP contribution in [0.3, 0.4) is 0 Å².